The van der Waals surface area contributed by atoms with Crippen molar-refractivity contribution in [1.82, 2.24) is 15.2 Å². The second-order valence-electron chi connectivity index (χ2n) is 10.1. The number of hydrogen-bond donors (Lipinski definition) is 1. The zero-order chi connectivity index (χ0) is 22.4. The van der Waals surface area contributed by atoms with Gasteiger partial charge in [0.1, 0.15) is 11.8 Å². The maximum absolute atomic E-state index is 13.7. The van der Waals surface area contributed by atoms with E-state index in [0.29, 0.717) is 25.9 Å². The van der Waals surface area contributed by atoms with E-state index in [1.807, 2.05) is 25.7 Å². The number of carbonyl (C=O) groups is 2. The Balaban J connectivity index is 1.48. The third-order valence-corrected chi connectivity index (χ3v) is 6.81. The van der Waals surface area contributed by atoms with E-state index in [4.69, 9.17) is 4.74 Å². The van der Waals surface area contributed by atoms with E-state index in [9.17, 15) is 19.7 Å². The zero-order valence-corrected chi connectivity index (χ0v) is 18.3. The fraction of sp³-hybridized carbons (Fsp3) is 0.682. The van der Waals surface area contributed by atoms with Gasteiger partial charge in [-0.1, -0.05) is 6.42 Å². The van der Waals surface area contributed by atoms with Crippen LogP contribution in [-0.2, 0) is 22.5 Å². The number of nitrogens with zero attached hydrogens (tertiary/aromatic N) is 3. The molecule has 0 aromatic carbocycles. The van der Waals surface area contributed by atoms with Gasteiger partial charge in [0.25, 0.3) is 5.69 Å². The van der Waals surface area contributed by atoms with E-state index in [1.54, 1.807) is 0 Å². The third kappa shape index (κ3) is 4.22. The highest BCUT2D eigenvalue weighted by Crippen LogP contribution is 2.55. The Bertz CT molecular complexity index is 912. The summed E-state index contributed by atoms with van der Waals surface area (Å²) in [4.78, 5) is 42.7. The van der Waals surface area contributed by atoms with Crippen LogP contribution in [0.15, 0.2) is 12.3 Å². The summed E-state index contributed by atoms with van der Waals surface area (Å²) in [7, 11) is 0. The molecule has 168 valence electrons. The number of ether oxygens (including phenoxy) is 1. The van der Waals surface area contributed by atoms with Gasteiger partial charge in [-0.3, -0.25) is 19.9 Å². The monoisotopic (exact) mass is 430 g/mol. The minimum atomic E-state index is -0.566. The fourth-order valence-corrected chi connectivity index (χ4v) is 5.58. The summed E-state index contributed by atoms with van der Waals surface area (Å²) in [5.74, 6) is 0.352. The molecule has 2 aliphatic carbocycles. The molecule has 31 heavy (non-hydrogen) atoms. The number of pyridine rings is 1. The van der Waals surface area contributed by atoms with Crippen molar-refractivity contribution in [3.8, 4) is 0 Å². The first-order valence-electron chi connectivity index (χ1n) is 11.0. The largest absolute Gasteiger partial charge is 0.444 e. The molecule has 2 amide bonds. The highest BCUT2D eigenvalue weighted by atomic mass is 16.6. The molecule has 3 atom stereocenters. The van der Waals surface area contributed by atoms with Crippen LogP contribution in [0.4, 0.5) is 10.5 Å². The number of fused-ring (bicyclic) bond motifs is 2. The van der Waals surface area contributed by atoms with Gasteiger partial charge < -0.3 is 15.0 Å². The summed E-state index contributed by atoms with van der Waals surface area (Å²) >= 11 is 0. The molecule has 2 heterocycles. The maximum Gasteiger partial charge on any atom is 0.407 e. The van der Waals surface area contributed by atoms with Crippen LogP contribution >= 0.6 is 0 Å². The molecule has 1 N–H and O–H groups in total. The molecule has 0 saturated heterocycles. The second-order valence-corrected chi connectivity index (χ2v) is 10.1. The maximum atomic E-state index is 13.7. The third-order valence-electron chi connectivity index (χ3n) is 6.81. The molecule has 0 spiro atoms. The predicted molar refractivity (Wildman–Crippen MR) is 112 cm³/mol. The molecule has 1 aliphatic heterocycles. The lowest BCUT2D eigenvalue weighted by atomic mass is 9.78. The lowest BCUT2D eigenvalue weighted by molar-refractivity contribution is -0.385. The molecule has 2 fully saturated rings. The molecule has 4 rings (SSSR count). The van der Waals surface area contributed by atoms with Crippen molar-refractivity contribution < 1.29 is 19.2 Å². The molecule has 0 unspecified atom stereocenters. The number of amides is 2. The van der Waals surface area contributed by atoms with Crippen molar-refractivity contribution in [2.75, 3.05) is 6.54 Å². The Morgan fingerprint density at radius 3 is 2.87 bits per heavy atom. The Hall–Kier alpha value is -2.71. The van der Waals surface area contributed by atoms with Crippen molar-refractivity contribution in [3.63, 3.8) is 0 Å². The average Bonchev–Trinajstić information content (AvgIpc) is 3.22. The molecular formula is C22H30N4O5. The molecule has 2 saturated carbocycles. The minimum absolute atomic E-state index is 0.0487. The molecule has 9 heteroatoms. The molecule has 0 radical (unpaired) electrons. The van der Waals surface area contributed by atoms with Crippen LogP contribution < -0.4 is 5.32 Å². The number of carbonyl (C=O) groups excluding carboxylic acids is 2. The van der Waals surface area contributed by atoms with Crippen molar-refractivity contribution in [1.29, 1.82) is 0 Å². The molecular weight excluding hydrogens is 400 g/mol. The highest BCUT2D eigenvalue weighted by molar-refractivity contribution is 5.84. The lowest BCUT2D eigenvalue weighted by Gasteiger charge is -2.37. The molecule has 9 nitrogen and oxygen atoms in total. The van der Waals surface area contributed by atoms with Crippen molar-refractivity contribution in [2.24, 2.45) is 11.3 Å². The van der Waals surface area contributed by atoms with Gasteiger partial charge >= 0.3 is 6.09 Å². The van der Waals surface area contributed by atoms with Crippen LogP contribution in [0.5, 0.6) is 0 Å². The van der Waals surface area contributed by atoms with Crippen LogP contribution in [0.1, 0.15) is 64.1 Å². The SMILES string of the molecule is CC(C)(C)OC(=O)N[C@@H]1C[C@H]2CCC[C@@]2(C(=O)N2CCc3ncc([N+](=O)[O-])cc3C2)C1. The Labute approximate surface area is 181 Å². The Morgan fingerprint density at radius 1 is 1.39 bits per heavy atom. The molecule has 1 aromatic heterocycles. The van der Waals surface area contributed by atoms with Gasteiger partial charge in [0.05, 0.1) is 10.3 Å². The van der Waals surface area contributed by atoms with E-state index in [0.717, 1.165) is 36.9 Å². The van der Waals surface area contributed by atoms with E-state index in [2.05, 4.69) is 10.3 Å². The Morgan fingerprint density at radius 2 is 2.16 bits per heavy atom. The first-order valence-corrected chi connectivity index (χ1v) is 11.0. The molecule has 1 aromatic rings. The van der Waals surface area contributed by atoms with Crippen LogP contribution in [0.3, 0.4) is 0 Å². The smallest absolute Gasteiger partial charge is 0.407 e. The van der Waals surface area contributed by atoms with E-state index in [1.165, 1.54) is 12.3 Å². The highest BCUT2D eigenvalue weighted by Gasteiger charge is 2.56. The van der Waals surface area contributed by atoms with Crippen LogP contribution in [0.25, 0.3) is 0 Å². The summed E-state index contributed by atoms with van der Waals surface area (Å²) in [5.41, 5.74) is 0.495. The first-order chi connectivity index (χ1) is 14.6. The van der Waals surface area contributed by atoms with Gasteiger partial charge in [-0.25, -0.2) is 4.79 Å². The number of alkyl carbamates (subject to hydrolysis) is 1. The van der Waals surface area contributed by atoms with E-state index < -0.39 is 22.0 Å². The quantitative estimate of drug-likeness (QED) is 0.581. The average molecular weight is 431 g/mol. The second kappa shape index (κ2) is 7.76. The normalized spacial score (nSPS) is 27.4. The van der Waals surface area contributed by atoms with Gasteiger partial charge in [-0.05, 0) is 57.9 Å². The van der Waals surface area contributed by atoms with Gasteiger partial charge in [0, 0.05) is 37.3 Å². The number of aromatic nitrogens is 1. The number of nitro groups is 1. The number of nitrogens with one attached hydrogen (secondary N) is 1. The van der Waals surface area contributed by atoms with Gasteiger partial charge in [0.15, 0.2) is 0 Å². The van der Waals surface area contributed by atoms with Crippen LogP contribution in [-0.4, -0.2) is 45.0 Å². The zero-order valence-electron chi connectivity index (χ0n) is 18.3. The van der Waals surface area contributed by atoms with Gasteiger partial charge in [0.2, 0.25) is 5.91 Å². The van der Waals surface area contributed by atoms with E-state index in [-0.39, 0.29) is 23.6 Å². The summed E-state index contributed by atoms with van der Waals surface area (Å²) in [6.45, 7) is 6.40. The predicted octanol–water partition coefficient (Wildman–Crippen LogP) is 3.35. The van der Waals surface area contributed by atoms with Crippen molar-refractivity contribution >= 4 is 17.7 Å². The van der Waals surface area contributed by atoms with E-state index >= 15 is 0 Å². The lowest BCUT2D eigenvalue weighted by Crippen LogP contribution is -2.47. The molecule has 0 bridgehead atoms. The number of rotatable bonds is 3. The summed E-state index contributed by atoms with van der Waals surface area (Å²) < 4.78 is 5.39. The Kier molecular flexibility index (Phi) is 5.39. The van der Waals surface area contributed by atoms with Crippen molar-refractivity contribution in [2.45, 2.75) is 77.5 Å². The number of hydrogen-bond acceptors (Lipinski definition) is 6. The van der Waals surface area contributed by atoms with Crippen molar-refractivity contribution in [3.05, 3.63) is 33.6 Å². The topological polar surface area (TPSA) is 115 Å². The summed E-state index contributed by atoms with van der Waals surface area (Å²) in [5, 5.41) is 14.1. The van der Waals surface area contributed by atoms with Gasteiger partial charge in [-0.15, -0.1) is 0 Å². The standard InChI is InChI=1S/C22H30N4O5/c1-21(2,3)31-20(28)24-16-10-15-5-4-7-22(15,11-16)19(27)25-8-6-18-14(13-25)9-17(12-23-18)26(29)30/h9,12,15-16H,4-8,10-11,13H2,1-3H3,(H,24,28)/t15-,16-,22-/m1/s1. The molecule has 3 aliphatic rings. The fourth-order valence-electron chi connectivity index (χ4n) is 5.58. The minimum Gasteiger partial charge on any atom is -0.444 e. The van der Waals surface area contributed by atoms with Crippen LogP contribution in [0, 0.1) is 21.4 Å². The summed E-state index contributed by atoms with van der Waals surface area (Å²) in [6.07, 6.45) is 5.65. The van der Waals surface area contributed by atoms with Crippen LogP contribution in [0.2, 0.25) is 0 Å². The first kappa shape index (κ1) is 21.5. The summed E-state index contributed by atoms with van der Waals surface area (Å²) in [6, 6.07) is 1.46. The van der Waals surface area contributed by atoms with Gasteiger partial charge in [-0.2, -0.15) is 0 Å².